The van der Waals surface area contributed by atoms with Crippen LogP contribution in [0.5, 0.6) is 0 Å². The molecule has 0 amide bonds. The van der Waals surface area contributed by atoms with Crippen LogP contribution in [0.4, 0.5) is 0 Å². The molecule has 0 aliphatic heterocycles. The zero-order chi connectivity index (χ0) is 11.0. The van der Waals surface area contributed by atoms with Crippen molar-refractivity contribution in [1.82, 2.24) is 0 Å². The molecule has 0 fully saturated rings. The molecule has 0 aromatic rings. The molecule has 6 heteroatoms. The Hall–Kier alpha value is -1.00. The quantitative estimate of drug-likeness (QED) is 0.347. The van der Waals surface area contributed by atoms with E-state index in [1.165, 1.54) is 0 Å². The largest absolute Gasteiger partial charge is 2.00 e. The molecule has 1 radical (unpaired) electrons. The van der Waals surface area contributed by atoms with Crippen molar-refractivity contribution in [1.29, 1.82) is 0 Å². The van der Waals surface area contributed by atoms with Crippen LogP contribution in [0.2, 0.25) is 0 Å². The van der Waals surface area contributed by atoms with Crippen LogP contribution in [0.3, 0.4) is 0 Å². The molecule has 0 unspecified atom stereocenters. The van der Waals surface area contributed by atoms with E-state index in [-0.39, 0.29) is 42.5 Å². The summed E-state index contributed by atoms with van der Waals surface area (Å²) in [7, 11) is 0. The van der Waals surface area contributed by atoms with Crippen molar-refractivity contribution in [3.63, 3.8) is 0 Å². The van der Waals surface area contributed by atoms with E-state index in [0.29, 0.717) is 0 Å². The first-order valence-corrected chi connectivity index (χ1v) is 4.32. The maximum absolute atomic E-state index is 10.8. The molecular weight excluding hydrogens is 252 g/mol. The molecule has 0 aromatic heterocycles. The fraction of sp³-hybridized carbons (Fsp3) is 0.556. The molecule has 0 saturated heterocycles. The predicted octanol–water partition coefficient (Wildman–Crippen LogP) is 0.942. The summed E-state index contributed by atoms with van der Waals surface area (Å²) in [6, 6.07) is 0. The van der Waals surface area contributed by atoms with Crippen LogP contribution in [0.25, 0.3) is 0 Å². The number of aliphatic hydroxyl groups excluding tert-OH is 1. The molecule has 0 aromatic carbocycles. The first-order valence-electron chi connectivity index (χ1n) is 4.32. The van der Waals surface area contributed by atoms with Gasteiger partial charge in [-0.15, -0.1) is 0 Å². The Bertz CT molecular complexity index is 237. The Balaban J connectivity index is 0. The molecule has 0 spiro atoms. The Labute approximate surface area is 98.9 Å². The van der Waals surface area contributed by atoms with Crippen LogP contribution in [-0.4, -0.2) is 30.3 Å². The van der Waals surface area contributed by atoms with E-state index in [2.05, 4.69) is 9.47 Å². The summed E-state index contributed by atoms with van der Waals surface area (Å²) >= 11 is 0. The summed E-state index contributed by atoms with van der Waals surface area (Å²) in [5.41, 5.74) is 0. The molecule has 0 bridgehead atoms. The van der Waals surface area contributed by atoms with Gasteiger partial charge in [-0.3, -0.25) is 4.79 Å². The predicted molar refractivity (Wildman–Crippen MR) is 48.6 cm³/mol. The Kier molecular flexibility index (Phi) is 10.5. The SMILES string of the molecule is CCOC(=O)/C=C(/O)CC(=O)OCC.[Cu+2]. The minimum atomic E-state index is -0.672. The van der Waals surface area contributed by atoms with Crippen molar-refractivity contribution in [2.45, 2.75) is 20.3 Å². The van der Waals surface area contributed by atoms with E-state index >= 15 is 0 Å². The van der Waals surface area contributed by atoms with Crippen molar-refractivity contribution in [3.8, 4) is 0 Å². The third-order valence-electron chi connectivity index (χ3n) is 1.20. The van der Waals surface area contributed by atoms with Gasteiger partial charge in [0.1, 0.15) is 12.2 Å². The summed E-state index contributed by atoms with van der Waals surface area (Å²) in [5.74, 6) is -1.61. The molecule has 0 atom stereocenters. The number of hydrogen-bond acceptors (Lipinski definition) is 5. The molecule has 0 heterocycles. The van der Waals surface area contributed by atoms with Gasteiger partial charge >= 0.3 is 29.0 Å². The zero-order valence-electron chi connectivity index (χ0n) is 8.58. The summed E-state index contributed by atoms with van der Waals surface area (Å²) < 4.78 is 9.09. The summed E-state index contributed by atoms with van der Waals surface area (Å²) in [5, 5.41) is 9.10. The first kappa shape index (κ1) is 16.4. The number of aliphatic hydroxyl groups is 1. The average molecular weight is 266 g/mol. The summed E-state index contributed by atoms with van der Waals surface area (Å²) in [6.45, 7) is 3.77. The maximum atomic E-state index is 10.8. The second-order valence-corrected chi connectivity index (χ2v) is 2.37. The van der Waals surface area contributed by atoms with Gasteiger partial charge in [-0.05, 0) is 13.8 Å². The molecule has 1 N–H and O–H groups in total. The topological polar surface area (TPSA) is 72.8 Å². The number of ether oxygens (including phenoxy) is 2. The third-order valence-corrected chi connectivity index (χ3v) is 1.20. The fourth-order valence-corrected chi connectivity index (χ4v) is 0.731. The number of carbonyl (C=O) groups is 2. The van der Waals surface area contributed by atoms with Crippen molar-refractivity contribution in [3.05, 3.63) is 11.8 Å². The van der Waals surface area contributed by atoms with Gasteiger partial charge in [0.15, 0.2) is 0 Å². The van der Waals surface area contributed by atoms with Crippen LogP contribution >= 0.6 is 0 Å². The van der Waals surface area contributed by atoms with Gasteiger partial charge in [0.2, 0.25) is 0 Å². The summed E-state index contributed by atoms with van der Waals surface area (Å²) in [4.78, 5) is 21.6. The van der Waals surface area contributed by atoms with Crippen LogP contribution in [0, 0.1) is 0 Å². The number of carbonyl (C=O) groups excluding carboxylic acids is 2. The monoisotopic (exact) mass is 265 g/mol. The van der Waals surface area contributed by atoms with E-state index < -0.39 is 11.9 Å². The molecule has 0 saturated carbocycles. The molecule has 89 valence electrons. The molecule has 0 aliphatic carbocycles. The van der Waals surface area contributed by atoms with E-state index in [1.807, 2.05) is 0 Å². The third kappa shape index (κ3) is 9.31. The van der Waals surface area contributed by atoms with Crippen LogP contribution < -0.4 is 0 Å². The van der Waals surface area contributed by atoms with Crippen LogP contribution in [0.15, 0.2) is 11.8 Å². The normalized spacial score (nSPS) is 10.1. The smallest absolute Gasteiger partial charge is 0.511 e. The molecule has 0 rings (SSSR count). The average Bonchev–Trinajstić information content (AvgIpc) is 2.03. The Morgan fingerprint density at radius 1 is 1.20 bits per heavy atom. The van der Waals surface area contributed by atoms with Crippen molar-refractivity contribution in [2.24, 2.45) is 0 Å². The van der Waals surface area contributed by atoms with E-state index in [1.54, 1.807) is 13.8 Å². The number of rotatable bonds is 5. The van der Waals surface area contributed by atoms with E-state index in [4.69, 9.17) is 5.11 Å². The van der Waals surface area contributed by atoms with Gasteiger partial charge in [-0.25, -0.2) is 4.79 Å². The number of hydrogen-bond donors (Lipinski definition) is 1. The van der Waals surface area contributed by atoms with E-state index in [0.717, 1.165) is 6.08 Å². The summed E-state index contributed by atoms with van der Waals surface area (Å²) in [6.07, 6.45) is 0.549. The van der Waals surface area contributed by atoms with Crippen LogP contribution in [0.1, 0.15) is 20.3 Å². The fourth-order valence-electron chi connectivity index (χ4n) is 0.731. The molecule has 5 nitrogen and oxygen atoms in total. The van der Waals surface area contributed by atoms with Crippen molar-refractivity contribution >= 4 is 11.9 Å². The first-order chi connectivity index (χ1) is 6.60. The van der Waals surface area contributed by atoms with Gasteiger partial charge in [-0.2, -0.15) is 0 Å². The van der Waals surface area contributed by atoms with Gasteiger partial charge in [-0.1, -0.05) is 0 Å². The molecule has 0 aliphatic rings. The van der Waals surface area contributed by atoms with E-state index in [9.17, 15) is 9.59 Å². The van der Waals surface area contributed by atoms with Crippen molar-refractivity contribution < 1.29 is 41.2 Å². The second-order valence-electron chi connectivity index (χ2n) is 2.37. The second kappa shape index (κ2) is 9.55. The van der Waals surface area contributed by atoms with Crippen molar-refractivity contribution in [2.75, 3.05) is 13.2 Å². The standard InChI is InChI=1S/C9H14O5.Cu/c1-3-13-8(11)5-7(10)6-9(12)14-4-2;/h5,10H,3-4,6H2,1-2H3;/q;+2/b7-5+;. The van der Waals surface area contributed by atoms with Gasteiger partial charge in [0.25, 0.3) is 0 Å². The number of esters is 2. The van der Waals surface area contributed by atoms with Gasteiger partial charge in [0.05, 0.1) is 19.3 Å². The van der Waals surface area contributed by atoms with Gasteiger partial charge in [0, 0.05) is 0 Å². The molecular formula is C9H14CuO5+2. The maximum Gasteiger partial charge on any atom is 2.00 e. The molecule has 15 heavy (non-hydrogen) atoms. The zero-order valence-corrected chi connectivity index (χ0v) is 9.52. The van der Waals surface area contributed by atoms with Crippen LogP contribution in [-0.2, 0) is 36.1 Å². The minimum absolute atomic E-state index is 0. The Morgan fingerprint density at radius 3 is 2.20 bits per heavy atom. The Morgan fingerprint density at radius 2 is 1.73 bits per heavy atom. The minimum Gasteiger partial charge on any atom is -0.511 e. The van der Waals surface area contributed by atoms with Gasteiger partial charge < -0.3 is 14.6 Å².